The van der Waals surface area contributed by atoms with Gasteiger partial charge in [0.1, 0.15) is 24.4 Å². The van der Waals surface area contributed by atoms with Gasteiger partial charge in [0.25, 0.3) is 11.5 Å². The fraction of sp³-hybridized carbons (Fsp3) is 0.360. The van der Waals surface area contributed by atoms with Crippen LogP contribution in [-0.2, 0) is 17.9 Å². The zero-order chi connectivity index (χ0) is 24.7. The lowest BCUT2D eigenvalue weighted by Gasteiger charge is -2.45. The molecule has 9 nitrogen and oxygen atoms in total. The SMILES string of the molecule is CC1(C)CN(C(=O)Cn2c(=O)c(C(=O)NCc3ccc(Cl)cc3)cc3c4c(cnc32)NCCO4)C1. The molecule has 10 heteroatoms. The molecule has 2 aromatic heterocycles. The lowest BCUT2D eigenvalue weighted by atomic mass is 9.84. The largest absolute Gasteiger partial charge is 0.489 e. The molecule has 0 saturated carbocycles. The first kappa shape index (κ1) is 23.2. The quantitative estimate of drug-likeness (QED) is 0.563. The second-order valence-corrected chi connectivity index (χ2v) is 10.1. The molecule has 4 heterocycles. The van der Waals surface area contributed by atoms with Crippen LogP contribution in [0.5, 0.6) is 5.75 Å². The van der Waals surface area contributed by atoms with Crippen molar-refractivity contribution in [1.82, 2.24) is 19.8 Å². The van der Waals surface area contributed by atoms with E-state index in [9.17, 15) is 14.4 Å². The highest BCUT2D eigenvalue weighted by Crippen LogP contribution is 2.34. The Morgan fingerprint density at radius 1 is 1.23 bits per heavy atom. The van der Waals surface area contributed by atoms with E-state index in [0.717, 1.165) is 5.56 Å². The molecule has 0 unspecified atom stereocenters. The third-order valence-corrected chi connectivity index (χ3v) is 6.48. The molecule has 0 bridgehead atoms. The van der Waals surface area contributed by atoms with Crippen molar-refractivity contribution in [1.29, 1.82) is 0 Å². The number of rotatable bonds is 5. The van der Waals surface area contributed by atoms with Crippen LogP contribution in [0.25, 0.3) is 11.0 Å². The molecule has 0 radical (unpaired) electrons. The van der Waals surface area contributed by atoms with E-state index in [4.69, 9.17) is 16.3 Å². The molecule has 3 aromatic rings. The van der Waals surface area contributed by atoms with Crippen LogP contribution >= 0.6 is 11.6 Å². The van der Waals surface area contributed by atoms with Crippen molar-refractivity contribution < 1.29 is 14.3 Å². The number of amides is 2. The normalized spacial score (nSPS) is 16.0. The summed E-state index contributed by atoms with van der Waals surface area (Å²) in [5, 5.41) is 7.10. The van der Waals surface area contributed by atoms with Gasteiger partial charge in [-0.15, -0.1) is 0 Å². The fourth-order valence-corrected chi connectivity index (χ4v) is 4.63. The zero-order valence-electron chi connectivity index (χ0n) is 19.6. The fourth-order valence-electron chi connectivity index (χ4n) is 4.50. The number of ether oxygens (including phenoxy) is 1. The van der Waals surface area contributed by atoms with Crippen LogP contribution in [0.15, 0.2) is 41.3 Å². The van der Waals surface area contributed by atoms with Gasteiger partial charge >= 0.3 is 0 Å². The third kappa shape index (κ3) is 4.55. The summed E-state index contributed by atoms with van der Waals surface area (Å²) in [6.45, 7) is 6.49. The van der Waals surface area contributed by atoms with Crippen LogP contribution < -0.4 is 20.9 Å². The van der Waals surface area contributed by atoms with E-state index in [0.29, 0.717) is 53.7 Å². The van der Waals surface area contributed by atoms with Crippen LogP contribution in [0.2, 0.25) is 5.02 Å². The van der Waals surface area contributed by atoms with Crippen LogP contribution in [0.1, 0.15) is 29.8 Å². The number of nitrogens with zero attached hydrogens (tertiary/aromatic N) is 3. The van der Waals surface area contributed by atoms with Crippen molar-refractivity contribution in [2.24, 2.45) is 5.41 Å². The number of anilines is 1. The maximum Gasteiger partial charge on any atom is 0.265 e. The minimum atomic E-state index is -0.574. The van der Waals surface area contributed by atoms with E-state index in [2.05, 4.69) is 29.5 Å². The molecule has 2 N–H and O–H groups in total. The first-order chi connectivity index (χ1) is 16.7. The van der Waals surface area contributed by atoms with E-state index in [1.165, 1.54) is 10.6 Å². The molecule has 1 fully saturated rings. The van der Waals surface area contributed by atoms with Crippen LogP contribution in [-0.4, -0.2) is 52.5 Å². The average Bonchev–Trinajstić information content (AvgIpc) is 2.83. The molecule has 2 aliphatic heterocycles. The molecule has 1 saturated heterocycles. The van der Waals surface area contributed by atoms with Gasteiger partial charge in [0, 0.05) is 31.2 Å². The predicted octanol–water partition coefficient (Wildman–Crippen LogP) is 2.65. The molecular weight excluding hydrogens is 470 g/mol. The molecule has 1 aromatic carbocycles. The van der Waals surface area contributed by atoms with Gasteiger partial charge in [0.15, 0.2) is 5.75 Å². The van der Waals surface area contributed by atoms with E-state index in [-0.39, 0.29) is 30.0 Å². The maximum atomic E-state index is 13.5. The van der Waals surface area contributed by atoms with Gasteiger partial charge in [-0.2, -0.15) is 0 Å². The minimum Gasteiger partial charge on any atom is -0.489 e. The Bertz CT molecular complexity index is 1380. The van der Waals surface area contributed by atoms with Gasteiger partial charge in [-0.25, -0.2) is 4.98 Å². The van der Waals surface area contributed by atoms with Crippen molar-refractivity contribution in [3.63, 3.8) is 0 Å². The number of hydrogen-bond acceptors (Lipinski definition) is 6. The van der Waals surface area contributed by atoms with Gasteiger partial charge in [-0.05, 0) is 29.2 Å². The molecule has 0 spiro atoms. The molecule has 0 aliphatic carbocycles. The van der Waals surface area contributed by atoms with Crippen molar-refractivity contribution in [3.8, 4) is 5.75 Å². The van der Waals surface area contributed by atoms with E-state index < -0.39 is 11.5 Å². The number of likely N-dealkylation sites (tertiary alicyclic amines) is 1. The van der Waals surface area contributed by atoms with Gasteiger partial charge in [0.2, 0.25) is 5.91 Å². The number of carbonyl (C=O) groups is 2. The van der Waals surface area contributed by atoms with Gasteiger partial charge in [0.05, 0.1) is 17.3 Å². The number of halogens is 1. The lowest BCUT2D eigenvalue weighted by Crippen LogP contribution is -2.56. The Labute approximate surface area is 207 Å². The van der Waals surface area contributed by atoms with Crippen LogP contribution in [0, 0.1) is 5.41 Å². The summed E-state index contributed by atoms with van der Waals surface area (Å²) in [6, 6.07) is 8.57. The number of nitrogens with one attached hydrogen (secondary N) is 2. The van der Waals surface area contributed by atoms with E-state index >= 15 is 0 Å². The van der Waals surface area contributed by atoms with Crippen LogP contribution in [0.4, 0.5) is 5.69 Å². The number of fused-ring (bicyclic) bond motifs is 3. The molecule has 182 valence electrons. The summed E-state index contributed by atoms with van der Waals surface area (Å²) >= 11 is 5.93. The summed E-state index contributed by atoms with van der Waals surface area (Å²) in [7, 11) is 0. The van der Waals surface area contributed by atoms with Gasteiger partial charge < -0.3 is 20.3 Å². The van der Waals surface area contributed by atoms with Crippen molar-refractivity contribution in [2.45, 2.75) is 26.9 Å². The highest BCUT2D eigenvalue weighted by Gasteiger charge is 2.37. The number of hydrogen-bond donors (Lipinski definition) is 2. The number of aromatic nitrogens is 2. The minimum absolute atomic E-state index is 0.0585. The van der Waals surface area contributed by atoms with Crippen molar-refractivity contribution >= 4 is 40.1 Å². The topological polar surface area (TPSA) is 106 Å². The van der Waals surface area contributed by atoms with Gasteiger partial charge in [-0.1, -0.05) is 37.6 Å². The van der Waals surface area contributed by atoms with Crippen molar-refractivity contribution in [2.75, 3.05) is 31.6 Å². The lowest BCUT2D eigenvalue weighted by molar-refractivity contribution is -0.142. The van der Waals surface area contributed by atoms with Crippen LogP contribution in [0.3, 0.4) is 0 Å². The third-order valence-electron chi connectivity index (χ3n) is 6.22. The standard InChI is InChI=1S/C25H26ClN5O4/c1-25(2)13-30(14-25)20(32)12-31-22-17(21-19(11-28-22)27-7-8-35-21)9-18(24(31)34)23(33)29-10-15-3-5-16(26)6-4-15/h3-6,9,11,27H,7-8,10,12-14H2,1-2H3,(H,29,33). The Kier molecular flexibility index (Phi) is 5.88. The molecule has 2 aliphatic rings. The zero-order valence-corrected chi connectivity index (χ0v) is 20.3. The van der Waals surface area contributed by atoms with Gasteiger partial charge in [-0.3, -0.25) is 19.0 Å². The predicted molar refractivity (Wildman–Crippen MR) is 133 cm³/mol. The highest BCUT2D eigenvalue weighted by molar-refractivity contribution is 6.30. The Balaban J connectivity index is 1.52. The number of carbonyl (C=O) groups excluding carboxylic acids is 2. The summed E-state index contributed by atoms with van der Waals surface area (Å²) in [5.41, 5.74) is 1.23. The monoisotopic (exact) mass is 495 g/mol. The summed E-state index contributed by atoms with van der Waals surface area (Å²) in [6.07, 6.45) is 1.59. The smallest absolute Gasteiger partial charge is 0.265 e. The molecular formula is C25H26ClN5O4. The number of pyridine rings is 2. The Morgan fingerprint density at radius 3 is 2.69 bits per heavy atom. The molecule has 0 atom stereocenters. The summed E-state index contributed by atoms with van der Waals surface area (Å²) < 4.78 is 7.14. The Morgan fingerprint density at radius 2 is 1.97 bits per heavy atom. The number of benzene rings is 1. The van der Waals surface area contributed by atoms with E-state index in [1.54, 1.807) is 35.4 Å². The maximum absolute atomic E-state index is 13.5. The molecule has 2 amide bonds. The second-order valence-electron chi connectivity index (χ2n) is 9.69. The summed E-state index contributed by atoms with van der Waals surface area (Å²) in [4.78, 5) is 45.7. The second kappa shape index (κ2) is 8.88. The summed E-state index contributed by atoms with van der Waals surface area (Å²) in [5.74, 6) is -0.219. The Hall–Kier alpha value is -3.59. The first-order valence-electron chi connectivity index (χ1n) is 11.5. The first-order valence-corrected chi connectivity index (χ1v) is 11.8. The van der Waals surface area contributed by atoms with Crippen molar-refractivity contribution in [3.05, 3.63) is 63.0 Å². The average molecular weight is 496 g/mol. The molecule has 5 rings (SSSR count). The highest BCUT2D eigenvalue weighted by atomic mass is 35.5. The van der Waals surface area contributed by atoms with E-state index in [1.807, 2.05) is 0 Å². The molecule has 35 heavy (non-hydrogen) atoms.